The molecule has 0 bridgehead atoms. The van der Waals surface area contributed by atoms with Crippen LogP contribution in [0.15, 0.2) is 121 Å². The van der Waals surface area contributed by atoms with Crippen LogP contribution in [-0.4, -0.2) is 48.4 Å². The average molecular weight is 635 g/mol. The number of ether oxygens (including phenoxy) is 4. The zero-order valence-corrected chi connectivity index (χ0v) is 27.1. The Morgan fingerprint density at radius 2 is 0.708 bits per heavy atom. The molecule has 8 heteroatoms. The SMILES string of the molecule is COc1cccc(OC)c1-c1nc(-c2ccccc2)c(-c2ccc(-c3[nH]c(-c4c(OC)cccc4OC)nc3-c3ccccc3)cc2)[nH]1. The van der Waals surface area contributed by atoms with Gasteiger partial charge in [0.2, 0.25) is 0 Å². The van der Waals surface area contributed by atoms with Gasteiger partial charge in [0.1, 0.15) is 45.8 Å². The molecular weight excluding hydrogens is 600 g/mol. The minimum absolute atomic E-state index is 0.651. The number of benzene rings is 5. The Hall–Kier alpha value is -6.28. The van der Waals surface area contributed by atoms with Crippen LogP contribution >= 0.6 is 0 Å². The Kier molecular flexibility index (Phi) is 8.36. The second kappa shape index (κ2) is 13.2. The van der Waals surface area contributed by atoms with Crippen molar-refractivity contribution in [3.63, 3.8) is 0 Å². The number of methoxy groups -OCH3 is 4. The Bertz CT molecular complexity index is 1970. The highest BCUT2D eigenvalue weighted by atomic mass is 16.5. The molecule has 0 spiro atoms. The van der Waals surface area contributed by atoms with Gasteiger partial charge >= 0.3 is 0 Å². The summed E-state index contributed by atoms with van der Waals surface area (Å²) in [5.41, 5.74) is 8.83. The fourth-order valence-electron chi connectivity index (χ4n) is 5.98. The van der Waals surface area contributed by atoms with E-state index in [2.05, 4.69) is 58.5 Å². The summed E-state index contributed by atoms with van der Waals surface area (Å²) in [6.45, 7) is 0. The molecule has 7 aromatic rings. The molecule has 0 aliphatic rings. The molecule has 2 N–H and O–H groups in total. The lowest BCUT2D eigenvalue weighted by atomic mass is 10.0. The van der Waals surface area contributed by atoms with Gasteiger partial charge in [-0.15, -0.1) is 0 Å². The van der Waals surface area contributed by atoms with Crippen LogP contribution in [0.4, 0.5) is 0 Å². The Morgan fingerprint density at radius 1 is 0.375 bits per heavy atom. The van der Waals surface area contributed by atoms with E-state index >= 15 is 0 Å². The van der Waals surface area contributed by atoms with Crippen molar-refractivity contribution in [3.8, 4) is 90.8 Å². The molecule has 0 radical (unpaired) electrons. The van der Waals surface area contributed by atoms with Gasteiger partial charge in [0.15, 0.2) is 0 Å². The van der Waals surface area contributed by atoms with Crippen molar-refractivity contribution < 1.29 is 18.9 Å². The van der Waals surface area contributed by atoms with Gasteiger partial charge in [0, 0.05) is 22.3 Å². The van der Waals surface area contributed by atoms with Gasteiger partial charge in [-0.3, -0.25) is 0 Å². The number of aromatic amines is 2. The molecule has 7 rings (SSSR count). The zero-order valence-electron chi connectivity index (χ0n) is 27.1. The molecule has 2 heterocycles. The van der Waals surface area contributed by atoms with E-state index in [1.807, 2.05) is 72.8 Å². The third kappa shape index (κ3) is 5.54. The summed E-state index contributed by atoms with van der Waals surface area (Å²) in [5.74, 6) is 3.97. The summed E-state index contributed by atoms with van der Waals surface area (Å²) in [5, 5.41) is 0. The highest BCUT2D eigenvalue weighted by Gasteiger charge is 2.23. The zero-order chi connectivity index (χ0) is 33.0. The lowest BCUT2D eigenvalue weighted by Gasteiger charge is -2.11. The number of hydrogen-bond acceptors (Lipinski definition) is 6. The van der Waals surface area contributed by atoms with Gasteiger partial charge in [-0.1, -0.05) is 97.1 Å². The Morgan fingerprint density at radius 3 is 1.02 bits per heavy atom. The molecule has 0 atom stereocenters. The second-order valence-electron chi connectivity index (χ2n) is 11.0. The van der Waals surface area contributed by atoms with E-state index in [9.17, 15) is 0 Å². The van der Waals surface area contributed by atoms with Crippen molar-refractivity contribution in [1.29, 1.82) is 0 Å². The van der Waals surface area contributed by atoms with Crippen molar-refractivity contribution in [1.82, 2.24) is 19.9 Å². The van der Waals surface area contributed by atoms with Crippen LogP contribution < -0.4 is 18.9 Å². The molecule has 8 nitrogen and oxygen atoms in total. The van der Waals surface area contributed by atoms with Gasteiger partial charge in [-0.05, 0) is 24.3 Å². The van der Waals surface area contributed by atoms with Crippen LogP contribution in [0.5, 0.6) is 23.0 Å². The maximum atomic E-state index is 5.71. The molecule has 5 aromatic carbocycles. The van der Waals surface area contributed by atoms with Crippen molar-refractivity contribution in [3.05, 3.63) is 121 Å². The molecule has 0 saturated carbocycles. The van der Waals surface area contributed by atoms with E-state index in [0.29, 0.717) is 34.6 Å². The number of H-pyrrole nitrogens is 2. The average Bonchev–Trinajstić information content (AvgIpc) is 3.81. The first-order valence-electron chi connectivity index (χ1n) is 15.5. The number of hydrogen-bond donors (Lipinski definition) is 2. The van der Waals surface area contributed by atoms with Crippen LogP contribution in [0.1, 0.15) is 0 Å². The summed E-state index contributed by atoms with van der Waals surface area (Å²) in [7, 11) is 6.59. The van der Waals surface area contributed by atoms with E-state index in [1.54, 1.807) is 28.4 Å². The molecule has 0 unspecified atom stereocenters. The summed E-state index contributed by atoms with van der Waals surface area (Å²) in [4.78, 5) is 17.4. The topological polar surface area (TPSA) is 94.3 Å². The molecule has 2 aromatic heterocycles. The molecule has 0 fully saturated rings. The van der Waals surface area contributed by atoms with Crippen molar-refractivity contribution in [2.24, 2.45) is 0 Å². The summed E-state index contributed by atoms with van der Waals surface area (Å²) >= 11 is 0. The van der Waals surface area contributed by atoms with Gasteiger partial charge in [-0.25, -0.2) is 9.97 Å². The van der Waals surface area contributed by atoms with E-state index in [0.717, 1.165) is 56.2 Å². The van der Waals surface area contributed by atoms with E-state index in [-0.39, 0.29) is 0 Å². The summed E-state index contributed by atoms with van der Waals surface area (Å²) in [6, 6.07) is 40.1. The maximum absolute atomic E-state index is 5.71. The van der Waals surface area contributed by atoms with Crippen LogP contribution in [0.25, 0.3) is 67.8 Å². The van der Waals surface area contributed by atoms with E-state index < -0.39 is 0 Å². The lowest BCUT2D eigenvalue weighted by Crippen LogP contribution is -1.94. The number of nitrogens with zero attached hydrogens (tertiary/aromatic N) is 2. The van der Waals surface area contributed by atoms with Gasteiger partial charge in [0.25, 0.3) is 0 Å². The number of imidazole rings is 2. The van der Waals surface area contributed by atoms with Gasteiger partial charge in [-0.2, -0.15) is 0 Å². The predicted molar refractivity (Wildman–Crippen MR) is 190 cm³/mol. The predicted octanol–water partition coefficient (Wildman–Crippen LogP) is 9.17. The van der Waals surface area contributed by atoms with E-state index in [1.165, 1.54) is 0 Å². The maximum Gasteiger partial charge on any atom is 0.146 e. The van der Waals surface area contributed by atoms with Crippen molar-refractivity contribution >= 4 is 0 Å². The summed E-state index contributed by atoms with van der Waals surface area (Å²) in [6.07, 6.45) is 0. The van der Waals surface area contributed by atoms with Crippen molar-refractivity contribution in [2.45, 2.75) is 0 Å². The largest absolute Gasteiger partial charge is 0.496 e. The quantitative estimate of drug-likeness (QED) is 0.156. The first-order valence-corrected chi connectivity index (χ1v) is 15.5. The molecule has 0 aliphatic carbocycles. The lowest BCUT2D eigenvalue weighted by molar-refractivity contribution is 0.396. The van der Waals surface area contributed by atoms with Crippen LogP contribution in [0, 0.1) is 0 Å². The first-order chi connectivity index (χ1) is 23.6. The van der Waals surface area contributed by atoms with Gasteiger partial charge in [0.05, 0.1) is 51.2 Å². The Balaban J connectivity index is 1.36. The summed E-state index contributed by atoms with van der Waals surface area (Å²) < 4.78 is 22.9. The smallest absolute Gasteiger partial charge is 0.146 e. The normalized spacial score (nSPS) is 10.9. The highest BCUT2D eigenvalue weighted by Crippen LogP contribution is 2.43. The highest BCUT2D eigenvalue weighted by molar-refractivity contribution is 5.87. The minimum Gasteiger partial charge on any atom is -0.496 e. The number of nitrogens with one attached hydrogen (secondary N) is 2. The standard InChI is InChI=1S/C40H34N4O4/c1-45-29-17-11-18-30(46-2)33(29)39-41-35(25-13-7-5-8-14-25)37(43-39)27-21-23-28(24-22-27)38-36(26-15-9-6-10-16-26)42-40(44-38)34-31(47-3)19-12-20-32(34)48-4/h5-24H,1-4H3,(H,41,43)(H,42,44). The van der Waals surface area contributed by atoms with Crippen LogP contribution in [0.3, 0.4) is 0 Å². The van der Waals surface area contributed by atoms with Crippen LogP contribution in [0.2, 0.25) is 0 Å². The fraction of sp³-hybridized carbons (Fsp3) is 0.100. The molecule has 48 heavy (non-hydrogen) atoms. The van der Waals surface area contributed by atoms with Gasteiger partial charge < -0.3 is 28.9 Å². The molecule has 238 valence electrons. The molecule has 0 aliphatic heterocycles. The monoisotopic (exact) mass is 634 g/mol. The third-order valence-corrected chi connectivity index (χ3v) is 8.29. The number of rotatable bonds is 10. The number of aromatic nitrogens is 4. The van der Waals surface area contributed by atoms with Crippen LogP contribution in [-0.2, 0) is 0 Å². The molecule has 0 amide bonds. The molecule has 0 saturated heterocycles. The second-order valence-corrected chi connectivity index (χ2v) is 11.0. The first kappa shape index (κ1) is 30.4. The fourth-order valence-corrected chi connectivity index (χ4v) is 5.98. The van der Waals surface area contributed by atoms with Crippen molar-refractivity contribution in [2.75, 3.05) is 28.4 Å². The Labute approximate surface area is 279 Å². The third-order valence-electron chi connectivity index (χ3n) is 8.29. The minimum atomic E-state index is 0.651. The molecular formula is C40H34N4O4. The van der Waals surface area contributed by atoms with E-state index in [4.69, 9.17) is 28.9 Å².